The fourth-order valence-electron chi connectivity index (χ4n) is 2.19. The Morgan fingerprint density at radius 2 is 1.78 bits per heavy atom. The Hall–Kier alpha value is -2.80. The maximum atomic E-state index is 10.9. The molecule has 0 saturated heterocycles. The average molecular weight is 315 g/mol. The predicted octanol–water partition coefficient (Wildman–Crippen LogP) is 2.85. The van der Waals surface area contributed by atoms with E-state index in [1.54, 1.807) is 24.3 Å². The molecule has 0 bridgehead atoms. The van der Waals surface area contributed by atoms with Crippen LogP contribution in [0.1, 0.15) is 17.2 Å². The van der Waals surface area contributed by atoms with Crippen molar-refractivity contribution in [1.82, 2.24) is 5.01 Å². The average Bonchev–Trinajstić information content (AvgIpc) is 2.59. The molecule has 0 aliphatic heterocycles. The predicted molar refractivity (Wildman–Crippen MR) is 85.6 cm³/mol. The van der Waals surface area contributed by atoms with E-state index in [1.807, 2.05) is 18.2 Å². The molecule has 0 fully saturated rings. The minimum atomic E-state index is -0.800. The maximum Gasteiger partial charge on any atom is 0.269 e. The minimum Gasteiger partial charge on any atom is -0.386 e. The standard InChI is InChI=1S/C16H17N3O4/c20-16(14-4-2-1-3-5-14)12-18(17-21)11-10-13-6-8-15(9-7-13)19(22)23/h1-9,16,20H,10-12H2/t16-/m0/s1. The zero-order valence-electron chi connectivity index (χ0n) is 12.4. The van der Waals surface area contributed by atoms with Gasteiger partial charge in [-0.2, -0.15) is 0 Å². The van der Waals surface area contributed by atoms with Gasteiger partial charge >= 0.3 is 0 Å². The van der Waals surface area contributed by atoms with Gasteiger partial charge in [-0.25, -0.2) is 0 Å². The van der Waals surface area contributed by atoms with E-state index in [0.717, 1.165) is 11.1 Å². The van der Waals surface area contributed by atoms with E-state index in [1.165, 1.54) is 17.1 Å². The lowest BCUT2D eigenvalue weighted by Gasteiger charge is -2.19. The number of benzene rings is 2. The zero-order valence-corrected chi connectivity index (χ0v) is 12.4. The van der Waals surface area contributed by atoms with E-state index in [-0.39, 0.29) is 12.2 Å². The number of nitroso groups, excluding NO2 is 1. The number of nitro groups is 1. The number of hydrogen-bond donors (Lipinski definition) is 1. The molecule has 2 aromatic rings. The first-order valence-corrected chi connectivity index (χ1v) is 7.14. The first-order chi connectivity index (χ1) is 11.1. The molecule has 0 saturated carbocycles. The van der Waals surface area contributed by atoms with Gasteiger partial charge in [-0.3, -0.25) is 15.1 Å². The number of non-ortho nitro benzene ring substituents is 1. The van der Waals surface area contributed by atoms with Crippen LogP contribution >= 0.6 is 0 Å². The summed E-state index contributed by atoms with van der Waals surface area (Å²) in [7, 11) is 0. The number of hydrogen-bond acceptors (Lipinski definition) is 5. The highest BCUT2D eigenvalue weighted by molar-refractivity contribution is 5.32. The van der Waals surface area contributed by atoms with Crippen molar-refractivity contribution in [2.75, 3.05) is 13.1 Å². The van der Waals surface area contributed by atoms with Crippen LogP contribution in [0.4, 0.5) is 5.69 Å². The second-order valence-electron chi connectivity index (χ2n) is 5.09. The Kier molecular flexibility index (Phi) is 5.76. The minimum absolute atomic E-state index is 0.0265. The molecule has 7 heteroatoms. The molecule has 120 valence electrons. The van der Waals surface area contributed by atoms with Crippen LogP contribution in [0.5, 0.6) is 0 Å². The van der Waals surface area contributed by atoms with Gasteiger partial charge in [0.25, 0.3) is 5.69 Å². The lowest BCUT2D eigenvalue weighted by atomic mass is 10.1. The molecule has 2 aromatic carbocycles. The number of aliphatic hydroxyl groups excluding tert-OH is 1. The SMILES string of the molecule is O=NN(CCc1ccc([N+](=O)[O-])cc1)C[C@H](O)c1ccccc1. The Morgan fingerprint density at radius 3 is 2.35 bits per heavy atom. The third kappa shape index (κ3) is 4.86. The summed E-state index contributed by atoms with van der Waals surface area (Å²) in [5, 5.41) is 24.9. The highest BCUT2D eigenvalue weighted by Crippen LogP contribution is 2.15. The van der Waals surface area contributed by atoms with E-state index in [9.17, 15) is 20.1 Å². The molecule has 0 radical (unpaired) electrons. The molecule has 0 unspecified atom stereocenters. The van der Waals surface area contributed by atoms with Gasteiger partial charge in [0.1, 0.15) is 0 Å². The van der Waals surface area contributed by atoms with Gasteiger partial charge in [-0.05, 0) is 17.5 Å². The van der Waals surface area contributed by atoms with Crippen LogP contribution in [-0.2, 0) is 6.42 Å². The smallest absolute Gasteiger partial charge is 0.269 e. The molecule has 1 atom stereocenters. The second kappa shape index (κ2) is 8.00. The summed E-state index contributed by atoms with van der Waals surface area (Å²) < 4.78 is 0. The van der Waals surface area contributed by atoms with Crippen LogP contribution in [0.25, 0.3) is 0 Å². The Balaban J connectivity index is 1.89. The quantitative estimate of drug-likeness (QED) is 0.459. The molecule has 23 heavy (non-hydrogen) atoms. The number of rotatable bonds is 8. The van der Waals surface area contributed by atoms with Crippen molar-refractivity contribution in [3.63, 3.8) is 0 Å². The fraction of sp³-hybridized carbons (Fsp3) is 0.250. The van der Waals surface area contributed by atoms with Gasteiger partial charge in [0.15, 0.2) is 0 Å². The zero-order chi connectivity index (χ0) is 16.7. The summed E-state index contributed by atoms with van der Waals surface area (Å²) in [6, 6.07) is 15.2. The molecule has 1 N–H and O–H groups in total. The van der Waals surface area contributed by atoms with Gasteiger partial charge < -0.3 is 5.11 Å². The number of nitro benzene ring substituents is 1. The Bertz CT molecular complexity index is 646. The van der Waals surface area contributed by atoms with Crippen LogP contribution < -0.4 is 0 Å². The topological polar surface area (TPSA) is 96.0 Å². The van der Waals surface area contributed by atoms with E-state index >= 15 is 0 Å². The molecule has 0 aromatic heterocycles. The van der Waals surface area contributed by atoms with E-state index in [0.29, 0.717) is 13.0 Å². The molecule has 0 heterocycles. The molecule has 7 nitrogen and oxygen atoms in total. The Morgan fingerprint density at radius 1 is 1.13 bits per heavy atom. The molecule has 0 aliphatic carbocycles. The van der Waals surface area contributed by atoms with Gasteiger partial charge in [-0.1, -0.05) is 42.5 Å². The van der Waals surface area contributed by atoms with E-state index in [2.05, 4.69) is 5.29 Å². The highest BCUT2D eigenvalue weighted by atomic mass is 16.6. The van der Waals surface area contributed by atoms with Crippen molar-refractivity contribution < 1.29 is 10.0 Å². The van der Waals surface area contributed by atoms with E-state index < -0.39 is 11.0 Å². The summed E-state index contributed by atoms with van der Waals surface area (Å²) in [4.78, 5) is 21.0. The van der Waals surface area contributed by atoms with Crippen molar-refractivity contribution in [2.45, 2.75) is 12.5 Å². The second-order valence-corrected chi connectivity index (χ2v) is 5.09. The van der Waals surface area contributed by atoms with E-state index in [4.69, 9.17) is 0 Å². The molecular formula is C16H17N3O4. The lowest BCUT2D eigenvalue weighted by Crippen LogP contribution is -2.25. The molecule has 0 amide bonds. The fourth-order valence-corrected chi connectivity index (χ4v) is 2.19. The summed E-state index contributed by atoms with van der Waals surface area (Å²) in [5.41, 5.74) is 1.61. The normalized spacial score (nSPS) is 11.7. The van der Waals surface area contributed by atoms with Crippen molar-refractivity contribution in [3.05, 3.63) is 80.7 Å². The Labute approximate surface area is 133 Å². The molecular weight excluding hydrogens is 298 g/mol. The number of nitrogens with zero attached hydrogens (tertiary/aromatic N) is 3. The van der Waals surface area contributed by atoms with Crippen molar-refractivity contribution in [2.24, 2.45) is 5.29 Å². The summed E-state index contributed by atoms with van der Waals surface area (Å²) in [5.74, 6) is 0. The molecule has 2 rings (SSSR count). The van der Waals surface area contributed by atoms with Gasteiger partial charge in [-0.15, -0.1) is 4.91 Å². The van der Waals surface area contributed by atoms with Crippen LogP contribution in [0, 0.1) is 15.0 Å². The van der Waals surface area contributed by atoms with Crippen LogP contribution in [0.15, 0.2) is 59.9 Å². The summed E-state index contributed by atoms with van der Waals surface area (Å²) in [6.07, 6.45) is -0.295. The van der Waals surface area contributed by atoms with Gasteiger partial charge in [0, 0.05) is 18.7 Å². The van der Waals surface area contributed by atoms with Crippen LogP contribution in [0.2, 0.25) is 0 Å². The highest BCUT2D eigenvalue weighted by Gasteiger charge is 2.13. The van der Waals surface area contributed by atoms with Crippen molar-refractivity contribution >= 4 is 5.69 Å². The molecule has 0 spiro atoms. The maximum absolute atomic E-state index is 10.9. The third-order valence-electron chi connectivity index (χ3n) is 3.49. The van der Waals surface area contributed by atoms with Gasteiger partial charge in [0.05, 0.1) is 22.9 Å². The first-order valence-electron chi connectivity index (χ1n) is 7.14. The van der Waals surface area contributed by atoms with Crippen LogP contribution in [-0.4, -0.2) is 28.1 Å². The lowest BCUT2D eigenvalue weighted by molar-refractivity contribution is -0.384. The summed E-state index contributed by atoms with van der Waals surface area (Å²) >= 11 is 0. The summed E-state index contributed by atoms with van der Waals surface area (Å²) in [6.45, 7) is 0.422. The first kappa shape index (κ1) is 16.6. The third-order valence-corrected chi connectivity index (χ3v) is 3.49. The van der Waals surface area contributed by atoms with Crippen molar-refractivity contribution in [3.8, 4) is 0 Å². The largest absolute Gasteiger partial charge is 0.386 e. The van der Waals surface area contributed by atoms with Crippen LogP contribution in [0.3, 0.4) is 0 Å². The molecule has 0 aliphatic rings. The van der Waals surface area contributed by atoms with Gasteiger partial charge in [0.2, 0.25) is 0 Å². The van der Waals surface area contributed by atoms with Crippen molar-refractivity contribution in [1.29, 1.82) is 0 Å². The monoisotopic (exact) mass is 315 g/mol. The number of aliphatic hydroxyl groups is 1.